The molecule has 0 aromatic heterocycles. The van der Waals surface area contributed by atoms with Crippen LogP contribution in [-0.4, -0.2) is 214 Å². The lowest BCUT2D eigenvalue weighted by atomic mass is 9.77. The Hall–Kier alpha value is -2.24. The third-order valence-corrected chi connectivity index (χ3v) is 13.6. The van der Waals surface area contributed by atoms with E-state index in [9.17, 15) is 37.8 Å². The highest BCUT2D eigenvalue weighted by Gasteiger charge is 2.52. The lowest BCUT2D eigenvalue weighted by Gasteiger charge is -2.49. The molecule has 0 radical (unpaired) electrons. The predicted octanol–water partition coefficient (Wildman–Crippen LogP) is 1.82. The summed E-state index contributed by atoms with van der Waals surface area (Å²) in [6.07, 6.45) is -12.4. The fourth-order valence-electron chi connectivity index (χ4n) is 9.71. The second-order valence-corrected chi connectivity index (χ2v) is 19.7. The van der Waals surface area contributed by atoms with Crippen LogP contribution in [0.25, 0.3) is 0 Å². The van der Waals surface area contributed by atoms with Crippen LogP contribution in [0.1, 0.15) is 80.6 Å². The highest BCUT2D eigenvalue weighted by molar-refractivity contribution is 5.81. The summed E-state index contributed by atoms with van der Waals surface area (Å²) in [4.78, 5) is 47.6. The number of amides is 3. The largest absolute Gasteiger partial charge is 0.409 e. The number of carbonyl (C=O) groups is 3. The number of halogens is 3. The molecule has 20 heteroatoms. The minimum atomic E-state index is -4.95. The summed E-state index contributed by atoms with van der Waals surface area (Å²) in [5.41, 5.74) is -2.86. The highest BCUT2D eigenvalue weighted by atomic mass is 19.4. The summed E-state index contributed by atoms with van der Waals surface area (Å²) in [7, 11) is 8.73. The van der Waals surface area contributed by atoms with Crippen molar-refractivity contribution in [2.24, 2.45) is 17.8 Å². The number of hydrogen-bond acceptors (Lipinski definition) is 14. The average molecular weight is 925 g/mol. The van der Waals surface area contributed by atoms with Gasteiger partial charge in [-0.2, -0.15) is 13.2 Å². The molecule has 4 rings (SSSR count). The first-order chi connectivity index (χ1) is 29.8. The van der Waals surface area contributed by atoms with Crippen LogP contribution in [0.15, 0.2) is 0 Å². The number of likely N-dealkylation sites (N-methyl/N-ethyl adjacent to an activating group) is 2. The molecule has 0 spiro atoms. The molecular formula is C44H79F3N6O11. The van der Waals surface area contributed by atoms with Crippen LogP contribution in [-0.2, 0) is 42.8 Å². The van der Waals surface area contributed by atoms with E-state index in [1.807, 2.05) is 25.9 Å². The Morgan fingerprint density at radius 2 is 1.66 bits per heavy atom. The number of nitrogens with zero attached hydrogens (tertiary/aromatic N) is 4. The normalized spacial score (nSPS) is 39.7. The van der Waals surface area contributed by atoms with Gasteiger partial charge < -0.3 is 64.0 Å². The van der Waals surface area contributed by atoms with Gasteiger partial charge in [-0.05, 0) is 74.0 Å². The molecule has 3 amide bonds. The van der Waals surface area contributed by atoms with Crippen LogP contribution >= 0.6 is 0 Å². The molecule has 4 saturated heterocycles. The molecule has 0 bridgehead atoms. The topological polar surface area (TPSA) is 184 Å². The summed E-state index contributed by atoms with van der Waals surface area (Å²) in [5.74, 6) is -4.64. The smallest absolute Gasteiger partial charge is 0.387 e. The summed E-state index contributed by atoms with van der Waals surface area (Å²) in [6.45, 7) is 16.1. The van der Waals surface area contributed by atoms with Gasteiger partial charge in [-0.15, -0.1) is 0 Å². The van der Waals surface area contributed by atoms with E-state index < -0.39 is 103 Å². The van der Waals surface area contributed by atoms with E-state index in [-0.39, 0.29) is 44.0 Å². The summed E-state index contributed by atoms with van der Waals surface area (Å²) in [5, 5.41) is 28.7. The summed E-state index contributed by atoms with van der Waals surface area (Å²) < 4.78 is 82.0. The van der Waals surface area contributed by atoms with Crippen LogP contribution in [0.5, 0.6) is 0 Å². The van der Waals surface area contributed by atoms with Gasteiger partial charge >= 0.3 is 6.18 Å². The molecule has 4 fully saturated rings. The van der Waals surface area contributed by atoms with E-state index in [1.165, 1.54) is 26.0 Å². The van der Waals surface area contributed by atoms with Crippen molar-refractivity contribution in [2.75, 3.05) is 87.7 Å². The first-order valence-corrected chi connectivity index (χ1v) is 22.9. The summed E-state index contributed by atoms with van der Waals surface area (Å²) in [6, 6.07) is -2.70. The minimum absolute atomic E-state index is 0.00246. The van der Waals surface area contributed by atoms with Crippen molar-refractivity contribution in [1.29, 1.82) is 0 Å². The fourth-order valence-corrected chi connectivity index (χ4v) is 9.71. The van der Waals surface area contributed by atoms with E-state index in [0.717, 1.165) is 26.2 Å². The van der Waals surface area contributed by atoms with Gasteiger partial charge in [-0.1, -0.05) is 20.8 Å². The molecule has 4 aliphatic rings. The molecule has 17 nitrogen and oxygen atoms in total. The molecule has 0 aromatic rings. The number of hydrogen-bond donors (Lipinski definition) is 4. The maximum Gasteiger partial charge on any atom is 0.409 e. The van der Waals surface area contributed by atoms with Crippen LogP contribution in [0, 0.1) is 17.8 Å². The zero-order valence-electron chi connectivity index (χ0n) is 40.2. The van der Waals surface area contributed by atoms with Gasteiger partial charge in [0.05, 0.1) is 54.5 Å². The molecule has 4 aliphatic heterocycles. The summed E-state index contributed by atoms with van der Waals surface area (Å²) >= 11 is 0. The molecule has 15 atom stereocenters. The molecule has 0 aliphatic carbocycles. The highest BCUT2D eigenvalue weighted by Crippen LogP contribution is 2.40. The van der Waals surface area contributed by atoms with Gasteiger partial charge in [0.25, 0.3) is 0 Å². The number of methoxy groups -OCH3 is 1. The van der Waals surface area contributed by atoms with E-state index >= 15 is 0 Å². The van der Waals surface area contributed by atoms with Crippen molar-refractivity contribution in [3.05, 3.63) is 0 Å². The minimum Gasteiger partial charge on any atom is -0.387 e. The third-order valence-electron chi connectivity index (χ3n) is 13.6. The first-order valence-electron chi connectivity index (χ1n) is 22.9. The number of alkyl halides is 3. The van der Waals surface area contributed by atoms with Crippen LogP contribution in [0.3, 0.4) is 0 Å². The van der Waals surface area contributed by atoms with Crippen molar-refractivity contribution in [3.63, 3.8) is 0 Å². The quantitative estimate of drug-likeness (QED) is 0.196. The first kappa shape index (κ1) is 54.4. The second kappa shape index (κ2) is 23.2. The SMILES string of the molecule is CO[C@]1(C)C[C@H](O[C@H]2[C@H](C)[C@@H](O[C@@H]3O[C@H](C)C[C@H](N(C)C)[C@H]3OCCCNC(=O)CN3CCN(C)CC3)[C@](C)(O)C[C@@H](C)CN(C)C(=O)CC(C(F)(F)F)NC(=O)[C@@H]2C)O[C@@H](C)[C@@H]1O. The number of aliphatic hydroxyl groups is 2. The van der Waals surface area contributed by atoms with Gasteiger partial charge in [0.2, 0.25) is 17.7 Å². The van der Waals surface area contributed by atoms with E-state index in [1.54, 1.807) is 34.6 Å². The third kappa shape index (κ3) is 14.6. The Kier molecular flexibility index (Phi) is 19.7. The second-order valence-electron chi connectivity index (χ2n) is 19.7. The Labute approximate surface area is 378 Å². The zero-order chi connectivity index (χ0) is 47.9. The number of carbonyl (C=O) groups excluding carboxylic acids is 3. The Bertz CT molecular complexity index is 1510. The fraction of sp³-hybridized carbons (Fsp3) is 0.932. The van der Waals surface area contributed by atoms with Gasteiger partial charge in [0, 0.05) is 78.4 Å². The number of aliphatic hydroxyl groups excluding tert-OH is 1. The van der Waals surface area contributed by atoms with Crippen LogP contribution in [0.4, 0.5) is 13.2 Å². The lowest BCUT2D eigenvalue weighted by Crippen LogP contribution is -2.61. The number of rotatable bonds is 13. The maximum atomic E-state index is 14.5. The standard InChI is InChI=1S/C44H79F3N6O11/c1-26-22-42(6,58)39(64-41-37(31(50(8)9)20-27(2)61-41)60-19-13-14-48-33(54)25-53-17-15-51(10)16-18-53)28(3)36(63-35-23-43(7,59-12)38(56)30(5)62-35)29(4)40(57)49-32(44(45,46)47)21-34(55)52(11)24-26/h26-32,35-39,41,56,58H,13-25H2,1-12H3,(H,48,54)(H,49,57)/t26-,27-,28+,29-,30+,31+,32?,35+,36+,37-,38+,39-,41+,42-,43-/m1/s1. The molecule has 372 valence electrons. The van der Waals surface area contributed by atoms with Crippen molar-refractivity contribution in [1.82, 2.24) is 30.2 Å². The van der Waals surface area contributed by atoms with Gasteiger partial charge in [-0.3, -0.25) is 19.3 Å². The Balaban J connectivity index is 1.68. The number of ether oxygens (including phenoxy) is 6. The van der Waals surface area contributed by atoms with E-state index in [0.29, 0.717) is 25.9 Å². The molecule has 4 heterocycles. The maximum absolute atomic E-state index is 14.5. The van der Waals surface area contributed by atoms with Crippen molar-refractivity contribution in [2.45, 2.75) is 159 Å². The molecule has 0 aromatic carbocycles. The van der Waals surface area contributed by atoms with E-state index in [4.69, 9.17) is 28.4 Å². The van der Waals surface area contributed by atoms with Crippen LogP contribution in [0.2, 0.25) is 0 Å². The van der Waals surface area contributed by atoms with Gasteiger partial charge in [0.1, 0.15) is 18.2 Å². The van der Waals surface area contributed by atoms with Crippen molar-refractivity contribution < 1.29 is 66.2 Å². The van der Waals surface area contributed by atoms with Gasteiger partial charge in [-0.25, -0.2) is 0 Å². The lowest BCUT2D eigenvalue weighted by molar-refractivity contribution is -0.320. The Morgan fingerprint density at radius 3 is 2.27 bits per heavy atom. The molecule has 1 unspecified atom stereocenters. The van der Waals surface area contributed by atoms with Gasteiger partial charge in [0.15, 0.2) is 12.6 Å². The molecule has 4 N–H and O–H groups in total. The monoisotopic (exact) mass is 925 g/mol. The van der Waals surface area contributed by atoms with Crippen LogP contribution < -0.4 is 10.6 Å². The predicted molar refractivity (Wildman–Crippen MR) is 231 cm³/mol. The average Bonchev–Trinajstić information content (AvgIpc) is 3.20. The molecule has 0 saturated carbocycles. The number of nitrogens with one attached hydrogen (secondary N) is 2. The zero-order valence-corrected chi connectivity index (χ0v) is 40.2. The number of piperazine rings is 1. The molecule has 64 heavy (non-hydrogen) atoms. The van der Waals surface area contributed by atoms with E-state index in [2.05, 4.69) is 27.5 Å². The van der Waals surface area contributed by atoms with Crippen molar-refractivity contribution >= 4 is 17.7 Å². The van der Waals surface area contributed by atoms with Crippen molar-refractivity contribution in [3.8, 4) is 0 Å². The molecular weight excluding hydrogens is 846 g/mol. The Morgan fingerprint density at radius 1 is 1.00 bits per heavy atom.